The molecule has 1 saturated carbocycles. The number of sulfonamides is 1. The van der Waals surface area contributed by atoms with Crippen molar-refractivity contribution in [3.63, 3.8) is 0 Å². The van der Waals surface area contributed by atoms with Crippen molar-refractivity contribution in [2.24, 2.45) is 0 Å². The highest BCUT2D eigenvalue weighted by Gasteiger charge is 2.42. The van der Waals surface area contributed by atoms with Gasteiger partial charge in [-0.25, -0.2) is 13.1 Å². The first kappa shape index (κ1) is 15.8. The highest BCUT2D eigenvalue weighted by atomic mass is 32.2. The Morgan fingerprint density at radius 1 is 1.21 bits per heavy atom. The van der Waals surface area contributed by atoms with Crippen LogP contribution in [0.1, 0.15) is 24.8 Å². The summed E-state index contributed by atoms with van der Waals surface area (Å²) in [5, 5.41) is 4.24. The lowest BCUT2D eigenvalue weighted by molar-refractivity contribution is -0.0241. The fraction of sp³-hybridized carbons (Fsp3) is 0.471. The number of rotatable bonds is 3. The van der Waals surface area contributed by atoms with Gasteiger partial charge in [0, 0.05) is 6.54 Å². The minimum absolute atomic E-state index is 0.0357. The van der Waals surface area contributed by atoms with Crippen LogP contribution in [0.3, 0.4) is 0 Å². The van der Waals surface area contributed by atoms with Crippen molar-refractivity contribution >= 4 is 10.0 Å². The molecular formula is C17H21N3O3S. The Kier molecular flexibility index (Phi) is 3.94. The Morgan fingerprint density at radius 2 is 2.00 bits per heavy atom. The summed E-state index contributed by atoms with van der Waals surface area (Å²) in [6.07, 6.45) is 5.91. The van der Waals surface area contributed by atoms with E-state index in [0.29, 0.717) is 13.2 Å². The summed E-state index contributed by atoms with van der Waals surface area (Å²) in [6.45, 7) is 2.89. The molecule has 0 spiro atoms. The zero-order valence-corrected chi connectivity index (χ0v) is 14.4. The lowest BCUT2D eigenvalue weighted by Gasteiger charge is -2.36. The lowest BCUT2D eigenvalue weighted by Crippen LogP contribution is -2.51. The van der Waals surface area contributed by atoms with Gasteiger partial charge in [0.25, 0.3) is 0 Å². The molecule has 1 aliphatic carbocycles. The quantitative estimate of drug-likeness (QED) is 0.853. The van der Waals surface area contributed by atoms with Gasteiger partial charge < -0.3 is 4.74 Å². The standard InChI is InChI=1S/C17H21N3O3S/c1-13-5-7-14(8-6-13)19-12-15(11-18-19)24(21,22)20-9-10-23-17-4-2-3-16(17)20/h5-8,11-12,16-17H,2-4,9-10H2,1H3. The van der Waals surface area contributed by atoms with Crippen LogP contribution < -0.4 is 0 Å². The molecule has 1 saturated heterocycles. The van der Waals surface area contributed by atoms with Crippen molar-refractivity contribution in [2.75, 3.05) is 13.2 Å². The molecule has 2 aliphatic rings. The lowest BCUT2D eigenvalue weighted by atomic mass is 10.2. The summed E-state index contributed by atoms with van der Waals surface area (Å²) < 4.78 is 35.0. The number of aryl methyl sites for hydroxylation is 1. The maximum absolute atomic E-state index is 13.0. The van der Waals surface area contributed by atoms with E-state index in [0.717, 1.165) is 30.5 Å². The molecule has 6 nitrogen and oxygen atoms in total. The topological polar surface area (TPSA) is 64.4 Å². The molecule has 4 rings (SSSR count). The molecule has 7 heteroatoms. The van der Waals surface area contributed by atoms with Gasteiger partial charge in [-0.3, -0.25) is 0 Å². The van der Waals surface area contributed by atoms with E-state index in [1.807, 2.05) is 31.2 Å². The van der Waals surface area contributed by atoms with Crippen molar-refractivity contribution in [3.8, 4) is 5.69 Å². The van der Waals surface area contributed by atoms with Crippen LogP contribution in [-0.4, -0.2) is 47.8 Å². The summed E-state index contributed by atoms with van der Waals surface area (Å²) in [6, 6.07) is 7.79. The number of aromatic nitrogens is 2. The molecule has 0 amide bonds. The smallest absolute Gasteiger partial charge is 0.246 e. The molecule has 2 atom stereocenters. The SMILES string of the molecule is Cc1ccc(-n2cc(S(=O)(=O)N3CCOC4CCCC43)cn2)cc1. The number of fused-ring (bicyclic) bond motifs is 1. The second-order valence-electron chi connectivity index (χ2n) is 6.48. The minimum atomic E-state index is -3.54. The van der Waals surface area contributed by atoms with Crippen molar-refractivity contribution in [2.45, 2.75) is 43.2 Å². The zero-order valence-electron chi connectivity index (χ0n) is 13.6. The van der Waals surface area contributed by atoms with Gasteiger partial charge in [-0.05, 0) is 38.3 Å². The van der Waals surface area contributed by atoms with E-state index in [4.69, 9.17) is 4.74 Å². The third-order valence-electron chi connectivity index (χ3n) is 4.90. The number of ether oxygens (including phenoxy) is 1. The molecule has 1 aromatic carbocycles. The van der Waals surface area contributed by atoms with Gasteiger partial charge in [-0.15, -0.1) is 0 Å². The number of benzene rings is 1. The van der Waals surface area contributed by atoms with Gasteiger partial charge in [0.15, 0.2) is 0 Å². The van der Waals surface area contributed by atoms with Crippen molar-refractivity contribution in [1.29, 1.82) is 0 Å². The highest BCUT2D eigenvalue weighted by molar-refractivity contribution is 7.89. The molecule has 2 unspecified atom stereocenters. The predicted molar refractivity (Wildman–Crippen MR) is 89.6 cm³/mol. The summed E-state index contributed by atoms with van der Waals surface area (Å²) in [4.78, 5) is 0.246. The largest absolute Gasteiger partial charge is 0.375 e. The second-order valence-corrected chi connectivity index (χ2v) is 8.37. The first-order valence-electron chi connectivity index (χ1n) is 8.31. The molecule has 24 heavy (non-hydrogen) atoms. The first-order valence-corrected chi connectivity index (χ1v) is 9.75. The van der Waals surface area contributed by atoms with E-state index < -0.39 is 10.0 Å². The van der Waals surface area contributed by atoms with Gasteiger partial charge >= 0.3 is 0 Å². The Morgan fingerprint density at radius 3 is 2.79 bits per heavy atom. The molecule has 0 bridgehead atoms. The van der Waals surface area contributed by atoms with Crippen LogP contribution in [0.4, 0.5) is 0 Å². The Bertz CT molecular complexity index is 829. The van der Waals surface area contributed by atoms with Crippen LogP contribution in [0.15, 0.2) is 41.6 Å². The highest BCUT2D eigenvalue weighted by Crippen LogP contribution is 2.33. The average Bonchev–Trinajstić information content (AvgIpc) is 3.24. The first-order chi connectivity index (χ1) is 11.6. The number of nitrogens with zero attached hydrogens (tertiary/aromatic N) is 3. The van der Waals surface area contributed by atoms with E-state index in [2.05, 4.69) is 5.10 Å². The van der Waals surface area contributed by atoms with Crippen LogP contribution in [-0.2, 0) is 14.8 Å². The van der Waals surface area contributed by atoms with E-state index in [9.17, 15) is 8.42 Å². The fourth-order valence-electron chi connectivity index (χ4n) is 3.60. The van der Waals surface area contributed by atoms with Gasteiger partial charge in [0.05, 0.1) is 36.8 Å². The summed E-state index contributed by atoms with van der Waals surface area (Å²) in [5.74, 6) is 0. The summed E-state index contributed by atoms with van der Waals surface area (Å²) in [7, 11) is -3.54. The second kappa shape index (κ2) is 5.98. The number of hydrogen-bond donors (Lipinski definition) is 0. The molecule has 2 fully saturated rings. The van der Waals surface area contributed by atoms with Crippen molar-refractivity contribution in [1.82, 2.24) is 14.1 Å². The molecule has 128 valence electrons. The van der Waals surface area contributed by atoms with Gasteiger partial charge in [0.1, 0.15) is 4.90 Å². The van der Waals surface area contributed by atoms with Crippen LogP contribution in [0, 0.1) is 6.92 Å². The Labute approximate surface area is 142 Å². The molecule has 2 heterocycles. The monoisotopic (exact) mass is 347 g/mol. The number of hydrogen-bond acceptors (Lipinski definition) is 4. The van der Waals surface area contributed by atoms with Gasteiger partial charge in [-0.2, -0.15) is 9.40 Å². The maximum atomic E-state index is 13.0. The maximum Gasteiger partial charge on any atom is 0.246 e. The Hall–Kier alpha value is -1.70. The van der Waals surface area contributed by atoms with Crippen LogP contribution >= 0.6 is 0 Å². The molecule has 2 aromatic rings. The van der Waals surface area contributed by atoms with Crippen LogP contribution in [0.2, 0.25) is 0 Å². The molecule has 0 radical (unpaired) electrons. The minimum Gasteiger partial charge on any atom is -0.375 e. The van der Waals surface area contributed by atoms with Gasteiger partial charge in [0.2, 0.25) is 10.0 Å². The Balaban J connectivity index is 1.64. The third kappa shape index (κ3) is 2.66. The molecular weight excluding hydrogens is 326 g/mol. The summed E-state index contributed by atoms with van der Waals surface area (Å²) >= 11 is 0. The van der Waals surface area contributed by atoms with Crippen molar-refractivity contribution in [3.05, 3.63) is 42.2 Å². The van der Waals surface area contributed by atoms with E-state index in [1.54, 1.807) is 15.2 Å². The summed E-state index contributed by atoms with van der Waals surface area (Å²) in [5.41, 5.74) is 2.00. The van der Waals surface area contributed by atoms with Crippen LogP contribution in [0.5, 0.6) is 0 Å². The molecule has 1 aliphatic heterocycles. The van der Waals surface area contributed by atoms with Crippen LogP contribution in [0.25, 0.3) is 5.69 Å². The van der Waals surface area contributed by atoms with Crippen molar-refractivity contribution < 1.29 is 13.2 Å². The molecule has 1 aromatic heterocycles. The third-order valence-corrected chi connectivity index (χ3v) is 6.77. The van der Waals surface area contributed by atoms with E-state index >= 15 is 0 Å². The van der Waals surface area contributed by atoms with Gasteiger partial charge in [-0.1, -0.05) is 17.7 Å². The molecule has 0 N–H and O–H groups in total. The predicted octanol–water partition coefficient (Wildman–Crippen LogP) is 2.12. The fourth-order valence-corrected chi connectivity index (χ4v) is 5.20. The average molecular weight is 347 g/mol. The van der Waals surface area contributed by atoms with E-state index in [1.165, 1.54) is 6.20 Å². The zero-order chi connectivity index (χ0) is 16.7. The van der Waals surface area contributed by atoms with E-state index in [-0.39, 0.29) is 17.0 Å². The normalized spacial score (nSPS) is 24.9. The number of morpholine rings is 1.